The summed E-state index contributed by atoms with van der Waals surface area (Å²) < 4.78 is 34.3. The second-order valence-electron chi connectivity index (χ2n) is 6.38. The largest absolute Gasteiger partial charge is 0.485 e. The minimum atomic E-state index is -1.06. The van der Waals surface area contributed by atoms with E-state index < -0.39 is 29.5 Å². The van der Waals surface area contributed by atoms with Crippen LogP contribution in [0.4, 0.5) is 26.1 Å². The van der Waals surface area contributed by atoms with E-state index in [0.717, 1.165) is 12.1 Å². The van der Waals surface area contributed by atoms with Gasteiger partial charge >= 0.3 is 0 Å². The zero-order valence-electron chi connectivity index (χ0n) is 15.4. The Kier molecular flexibility index (Phi) is 5.07. The first-order valence-electron chi connectivity index (χ1n) is 8.41. The van der Waals surface area contributed by atoms with Crippen LogP contribution in [0.2, 0.25) is 0 Å². The van der Waals surface area contributed by atoms with Crippen LogP contribution >= 0.6 is 0 Å². The van der Waals surface area contributed by atoms with E-state index >= 15 is 0 Å². The summed E-state index contributed by atoms with van der Waals surface area (Å²) >= 11 is 0. The summed E-state index contributed by atoms with van der Waals surface area (Å²) in [7, 11) is 0. The number of aliphatic imine (C=N–C) groups is 1. The number of ether oxygens (including phenoxy) is 1. The van der Waals surface area contributed by atoms with Crippen molar-refractivity contribution >= 4 is 23.3 Å². The molecule has 11 heteroatoms. The van der Waals surface area contributed by atoms with Gasteiger partial charge in [0.1, 0.15) is 29.3 Å². The van der Waals surface area contributed by atoms with Gasteiger partial charge in [0.05, 0.1) is 11.8 Å². The lowest BCUT2D eigenvalue weighted by atomic mass is 9.95. The van der Waals surface area contributed by atoms with Gasteiger partial charge in [-0.05, 0) is 31.5 Å². The van der Waals surface area contributed by atoms with Crippen molar-refractivity contribution in [3.05, 3.63) is 40.5 Å². The highest BCUT2D eigenvalue weighted by Crippen LogP contribution is 2.41. The van der Waals surface area contributed by atoms with E-state index in [1.165, 1.54) is 0 Å². The minimum absolute atomic E-state index is 0.0238. The van der Waals surface area contributed by atoms with E-state index in [2.05, 4.69) is 20.6 Å². The molecule has 3 rings (SSSR count). The number of nitrogen functional groups attached to an aromatic ring is 2. The minimum Gasteiger partial charge on any atom is -0.485 e. The molecule has 2 heterocycles. The number of nitrogens with one attached hydrogen (secondary N) is 2. The fourth-order valence-electron chi connectivity index (χ4n) is 2.91. The fourth-order valence-corrected chi connectivity index (χ4v) is 2.91. The van der Waals surface area contributed by atoms with Crippen LogP contribution in [0.25, 0.3) is 0 Å². The molecule has 9 nitrogen and oxygen atoms in total. The van der Waals surface area contributed by atoms with E-state index in [9.17, 15) is 14.0 Å². The van der Waals surface area contributed by atoms with Crippen LogP contribution in [0, 0.1) is 34.4 Å². The molecule has 148 valence electrons. The number of nitrogens with two attached hydrogens (primary N) is 2. The number of hydrogen-bond acceptors (Lipinski definition) is 9. The highest BCUT2D eigenvalue weighted by Gasteiger charge is 2.31. The van der Waals surface area contributed by atoms with E-state index in [-0.39, 0.29) is 40.0 Å². The zero-order chi connectivity index (χ0) is 21.3. The van der Waals surface area contributed by atoms with Crippen molar-refractivity contribution in [2.45, 2.75) is 26.0 Å². The number of anilines is 3. The summed E-state index contributed by atoms with van der Waals surface area (Å²) in [5.74, 6) is -2.42. The summed E-state index contributed by atoms with van der Waals surface area (Å²) in [6.45, 7) is 3.28. The molecule has 2 aromatic rings. The number of halogens is 2. The molecule has 29 heavy (non-hydrogen) atoms. The first kappa shape index (κ1) is 19.6. The molecule has 6 N–H and O–H groups in total. The molecule has 1 aromatic heterocycles. The topological polar surface area (TPSA) is 158 Å². The monoisotopic (exact) mass is 398 g/mol. The molecule has 1 aromatic carbocycles. The van der Waals surface area contributed by atoms with Crippen molar-refractivity contribution in [1.29, 1.82) is 10.5 Å². The van der Waals surface area contributed by atoms with Crippen molar-refractivity contribution in [2.24, 2.45) is 4.99 Å². The van der Waals surface area contributed by atoms with Gasteiger partial charge in [0.15, 0.2) is 23.6 Å². The quantitative estimate of drug-likeness (QED) is 0.452. The van der Waals surface area contributed by atoms with Crippen LogP contribution in [0.1, 0.15) is 36.6 Å². The third-order valence-electron chi connectivity index (χ3n) is 4.05. The Hall–Kier alpha value is -4.12. The summed E-state index contributed by atoms with van der Waals surface area (Å²) in [4.78, 5) is 8.33. The highest BCUT2D eigenvalue weighted by atomic mass is 19.1. The van der Waals surface area contributed by atoms with E-state index in [1.807, 2.05) is 6.07 Å². The number of hydrogen-bond donors (Lipinski definition) is 4. The van der Waals surface area contributed by atoms with Gasteiger partial charge in [0.25, 0.3) is 0 Å². The average molecular weight is 398 g/mol. The number of nitriles is 2. The van der Waals surface area contributed by atoms with Crippen molar-refractivity contribution in [2.75, 3.05) is 16.8 Å². The predicted molar refractivity (Wildman–Crippen MR) is 102 cm³/mol. The van der Waals surface area contributed by atoms with Gasteiger partial charge in [-0.1, -0.05) is 0 Å². The smallest absolute Gasteiger partial charge is 0.211 e. The number of aromatic nitrogens is 1. The normalized spacial score (nSPS) is 14.9. The number of guanidine groups is 1. The van der Waals surface area contributed by atoms with Crippen molar-refractivity contribution in [1.82, 2.24) is 10.3 Å². The van der Waals surface area contributed by atoms with Crippen LogP contribution in [-0.4, -0.2) is 17.0 Å². The summed E-state index contributed by atoms with van der Waals surface area (Å²) in [6.07, 6.45) is 1.26. The highest BCUT2D eigenvalue weighted by molar-refractivity contribution is 5.98. The number of nitrogens with zero attached hydrogens (tertiary/aromatic N) is 4. The molecule has 1 aliphatic heterocycles. The molecule has 0 spiro atoms. The van der Waals surface area contributed by atoms with Gasteiger partial charge in [-0.25, -0.2) is 18.8 Å². The third-order valence-corrected chi connectivity index (χ3v) is 4.05. The average Bonchev–Trinajstić information content (AvgIpc) is 2.64. The Morgan fingerprint density at radius 3 is 2.45 bits per heavy atom. The maximum Gasteiger partial charge on any atom is 0.211 e. The fraction of sp³-hybridized carbons (Fsp3) is 0.222. The first-order chi connectivity index (χ1) is 13.8. The van der Waals surface area contributed by atoms with Gasteiger partial charge in [-0.2, -0.15) is 10.5 Å². The standard InChI is InChI=1S/C18H16F2N8O/c1-7(2)29-15-10(19)3-8(4-11(15)20)14-12-13(23)9(5-21)16(24)27-17(12)28-18(26-14)25-6-22/h3-4,7,14H,1-2H3,(H6,23,24,25,26,27,28). The maximum atomic E-state index is 14.5. The van der Waals surface area contributed by atoms with E-state index in [1.54, 1.807) is 20.0 Å². The Morgan fingerprint density at radius 1 is 1.24 bits per heavy atom. The molecule has 0 saturated carbocycles. The van der Waals surface area contributed by atoms with Gasteiger partial charge < -0.3 is 21.5 Å². The Morgan fingerprint density at radius 2 is 1.90 bits per heavy atom. The molecule has 0 saturated heterocycles. The van der Waals surface area contributed by atoms with Crippen LogP contribution in [-0.2, 0) is 0 Å². The number of fused-ring (bicyclic) bond motifs is 1. The van der Waals surface area contributed by atoms with Crippen LogP contribution in [0.5, 0.6) is 5.75 Å². The maximum absolute atomic E-state index is 14.5. The molecule has 1 unspecified atom stereocenters. The van der Waals surface area contributed by atoms with Gasteiger partial charge in [-0.15, -0.1) is 0 Å². The van der Waals surface area contributed by atoms with Crippen LogP contribution in [0.3, 0.4) is 0 Å². The lowest BCUT2D eigenvalue weighted by Gasteiger charge is -2.26. The van der Waals surface area contributed by atoms with Crippen LogP contribution < -0.4 is 26.8 Å². The molecule has 0 radical (unpaired) electrons. The molecule has 0 amide bonds. The summed E-state index contributed by atoms with van der Waals surface area (Å²) in [5, 5.41) is 23.2. The second kappa shape index (κ2) is 7.48. The van der Waals surface area contributed by atoms with E-state index in [0.29, 0.717) is 0 Å². The van der Waals surface area contributed by atoms with Crippen LogP contribution in [0.15, 0.2) is 17.1 Å². The van der Waals surface area contributed by atoms with Crippen molar-refractivity contribution in [3.63, 3.8) is 0 Å². The molecule has 0 bridgehead atoms. The molecular formula is C18H16F2N8O. The number of pyridine rings is 1. The summed E-state index contributed by atoms with van der Waals surface area (Å²) in [6, 6.07) is 2.90. The van der Waals surface area contributed by atoms with Crippen molar-refractivity contribution < 1.29 is 13.5 Å². The SMILES string of the molecule is CC(C)Oc1c(F)cc(C2N=C(NC#N)Nc3nc(N)c(C#N)c(N)c32)cc1F. The zero-order valence-corrected chi connectivity index (χ0v) is 15.4. The summed E-state index contributed by atoms with van der Waals surface area (Å²) in [5.41, 5.74) is 12.0. The Balaban J connectivity index is 2.22. The lowest BCUT2D eigenvalue weighted by Crippen LogP contribution is -2.32. The third kappa shape index (κ3) is 3.53. The first-order valence-corrected chi connectivity index (χ1v) is 8.41. The lowest BCUT2D eigenvalue weighted by molar-refractivity contribution is 0.219. The predicted octanol–water partition coefficient (Wildman–Crippen LogP) is 2.12. The number of rotatable bonds is 3. The number of benzene rings is 1. The molecular weight excluding hydrogens is 382 g/mol. The Labute approximate surface area is 164 Å². The molecule has 1 atom stereocenters. The Bertz CT molecular complexity index is 1080. The molecule has 0 fully saturated rings. The molecule has 1 aliphatic rings. The van der Waals surface area contributed by atoms with E-state index in [4.69, 9.17) is 21.5 Å². The second-order valence-corrected chi connectivity index (χ2v) is 6.38. The van der Waals surface area contributed by atoms with Crippen molar-refractivity contribution in [3.8, 4) is 18.0 Å². The molecule has 0 aliphatic carbocycles. The van der Waals surface area contributed by atoms with Gasteiger partial charge in [0.2, 0.25) is 5.96 Å². The van der Waals surface area contributed by atoms with Gasteiger partial charge in [-0.3, -0.25) is 5.32 Å². The van der Waals surface area contributed by atoms with Gasteiger partial charge in [0, 0.05) is 5.56 Å².